The van der Waals surface area contributed by atoms with Crippen molar-refractivity contribution < 1.29 is 40.6 Å². The van der Waals surface area contributed by atoms with Crippen LogP contribution in [0.2, 0.25) is 0 Å². The molecule has 1 amide bonds. The van der Waals surface area contributed by atoms with Gasteiger partial charge in [-0.3, -0.25) is 10.2 Å². The lowest BCUT2D eigenvalue weighted by Crippen LogP contribution is -2.46. The van der Waals surface area contributed by atoms with Crippen LogP contribution in [0.1, 0.15) is 56.6 Å². The van der Waals surface area contributed by atoms with Crippen molar-refractivity contribution in [1.82, 2.24) is 20.6 Å². The van der Waals surface area contributed by atoms with E-state index in [0.29, 0.717) is 28.0 Å². The minimum atomic E-state index is -5.21. The zero-order valence-electron chi connectivity index (χ0n) is 28.7. The van der Waals surface area contributed by atoms with E-state index in [4.69, 9.17) is 11.1 Å². The third-order valence-corrected chi connectivity index (χ3v) is 8.67. The highest BCUT2D eigenvalue weighted by Crippen LogP contribution is 2.43. The fraction of sp³-hybridized carbons (Fsp3) is 0.316. The normalized spacial score (nSPS) is 16.5. The molecule has 0 fully saturated rings. The number of alkyl halides is 5. The van der Waals surface area contributed by atoms with Gasteiger partial charge in [-0.05, 0) is 85.9 Å². The zero-order valence-corrected chi connectivity index (χ0v) is 28.7. The van der Waals surface area contributed by atoms with Crippen LogP contribution in [0.3, 0.4) is 0 Å². The van der Waals surface area contributed by atoms with Crippen molar-refractivity contribution in [2.75, 3.05) is 12.3 Å². The number of halogens is 7. The van der Waals surface area contributed by atoms with E-state index in [2.05, 4.69) is 32.4 Å². The molecule has 0 saturated heterocycles. The van der Waals surface area contributed by atoms with Gasteiger partial charge in [0.15, 0.2) is 0 Å². The number of aliphatic hydroxyl groups is 1. The van der Waals surface area contributed by atoms with Crippen LogP contribution >= 0.6 is 0 Å². The molecule has 2 heterocycles. The molecule has 0 aliphatic heterocycles. The van der Waals surface area contributed by atoms with Crippen molar-refractivity contribution in [1.29, 1.82) is 5.41 Å². The fourth-order valence-electron chi connectivity index (χ4n) is 6.07. The summed E-state index contributed by atoms with van der Waals surface area (Å²) in [5.74, 6) is -2.40. The molecule has 2 aromatic carbocycles. The lowest BCUT2D eigenvalue weighted by atomic mass is 9.83. The first kappa shape index (κ1) is 38.7. The lowest BCUT2D eigenvalue weighted by Gasteiger charge is -2.34. The van der Waals surface area contributed by atoms with E-state index in [1.165, 1.54) is 20.0 Å². The van der Waals surface area contributed by atoms with Crippen molar-refractivity contribution in [2.45, 2.75) is 63.8 Å². The molecule has 53 heavy (non-hydrogen) atoms. The Hall–Kier alpha value is -5.49. The van der Waals surface area contributed by atoms with E-state index in [-0.39, 0.29) is 35.6 Å². The number of carbonyl (C=O) groups excluding carboxylic acids is 1. The second-order valence-electron chi connectivity index (χ2n) is 13.3. The molecule has 0 bridgehead atoms. The predicted octanol–water partition coefficient (Wildman–Crippen LogP) is 7.17. The Labute approximate surface area is 300 Å². The molecular weight excluding hydrogens is 705 g/mol. The zero-order chi connectivity index (χ0) is 38.9. The molecule has 1 aliphatic rings. The van der Waals surface area contributed by atoms with Gasteiger partial charge in [0, 0.05) is 34.7 Å². The Morgan fingerprint density at radius 3 is 2.43 bits per heavy atom. The van der Waals surface area contributed by atoms with Crippen LogP contribution in [0.4, 0.5) is 36.6 Å². The van der Waals surface area contributed by atoms with Crippen LogP contribution in [-0.2, 0) is 11.2 Å². The molecule has 0 unspecified atom stereocenters. The van der Waals surface area contributed by atoms with Gasteiger partial charge in [-0.15, -0.1) is 0 Å². The van der Waals surface area contributed by atoms with Crippen LogP contribution in [0.5, 0.6) is 0 Å². The number of rotatable bonds is 9. The highest BCUT2D eigenvalue weighted by atomic mass is 19.4. The van der Waals surface area contributed by atoms with Crippen LogP contribution in [0, 0.1) is 34.8 Å². The van der Waals surface area contributed by atoms with E-state index >= 15 is 8.78 Å². The van der Waals surface area contributed by atoms with Gasteiger partial charge >= 0.3 is 6.18 Å². The molecule has 1 aliphatic carbocycles. The summed E-state index contributed by atoms with van der Waals surface area (Å²) in [5.41, 5.74) is 1.92. The maximum Gasteiger partial charge on any atom is 0.433 e. The number of nitrogens with zero attached hydrogens (tertiary/aromatic N) is 2. The fourth-order valence-corrected chi connectivity index (χ4v) is 6.07. The third kappa shape index (κ3) is 8.94. The number of hydrogen-bond donors (Lipinski definition) is 5. The number of aromatic nitrogens is 2. The average molecular weight is 741 g/mol. The Kier molecular flexibility index (Phi) is 10.9. The number of pyridine rings is 2. The Balaban J connectivity index is 1.62. The van der Waals surface area contributed by atoms with E-state index in [9.17, 15) is 31.9 Å². The number of carbonyl (C=O) groups is 1. The summed E-state index contributed by atoms with van der Waals surface area (Å²) in [4.78, 5) is 22.4. The predicted molar refractivity (Wildman–Crippen MR) is 186 cm³/mol. The van der Waals surface area contributed by atoms with Crippen molar-refractivity contribution in [3.8, 4) is 23.0 Å². The lowest BCUT2D eigenvalue weighted by molar-refractivity contribution is -0.121. The largest absolute Gasteiger partial charge is 0.433 e. The molecule has 5 rings (SSSR count). The second-order valence-corrected chi connectivity index (χ2v) is 13.3. The van der Waals surface area contributed by atoms with Crippen molar-refractivity contribution >= 4 is 28.2 Å². The van der Waals surface area contributed by atoms with E-state index < -0.39 is 77.1 Å². The summed E-state index contributed by atoms with van der Waals surface area (Å²) in [6.45, 7) is 3.10. The highest BCUT2D eigenvalue weighted by molar-refractivity contribution is 6.03. The summed E-state index contributed by atoms with van der Waals surface area (Å²) >= 11 is 0. The Bertz CT molecular complexity index is 2150. The number of nitrogens with two attached hydrogens (primary N) is 1. The van der Waals surface area contributed by atoms with Crippen molar-refractivity contribution in [3.63, 3.8) is 0 Å². The van der Waals surface area contributed by atoms with Gasteiger partial charge < -0.3 is 21.5 Å². The molecular formula is C38H35F7N6O2. The van der Waals surface area contributed by atoms with Crippen LogP contribution in [0.15, 0.2) is 72.1 Å². The van der Waals surface area contributed by atoms with Gasteiger partial charge in [-0.1, -0.05) is 31.0 Å². The quantitative estimate of drug-likeness (QED) is 0.0702. The maximum atomic E-state index is 15.4. The molecule has 278 valence electrons. The van der Waals surface area contributed by atoms with Crippen LogP contribution in [0.25, 0.3) is 21.9 Å². The molecule has 15 heteroatoms. The van der Waals surface area contributed by atoms with Crippen molar-refractivity contribution in [2.24, 2.45) is 5.92 Å². The van der Waals surface area contributed by atoms with Crippen molar-refractivity contribution in [3.05, 3.63) is 101 Å². The number of allylic oxidation sites excluding steroid dienone is 2. The first-order valence-corrected chi connectivity index (χ1v) is 16.4. The number of nitrogens with one attached hydrogen (secondary N) is 3. The molecule has 2 aromatic heterocycles. The van der Waals surface area contributed by atoms with E-state index in [1.807, 2.05) is 0 Å². The van der Waals surface area contributed by atoms with E-state index in [0.717, 1.165) is 19.1 Å². The summed E-state index contributed by atoms with van der Waals surface area (Å²) in [6.07, 6.45) is -4.81. The number of nitrogen functional groups attached to an aromatic ring is 1. The number of hydrogen-bond acceptors (Lipinski definition) is 7. The summed E-state index contributed by atoms with van der Waals surface area (Å²) in [6, 6.07) is 11.5. The number of anilines is 1. The molecule has 6 N–H and O–H groups in total. The SMILES string of the molecule is C[C@H]1CCC(C(=N)C(F)(F)F)=C(NCC(=O)N[C@@H](Cc2cc(F)cc(F)c2)c2nc(C#CC(C)(C)O)ccc2-c2cccc3c(N)nccc23)C1(F)F. The van der Waals surface area contributed by atoms with Gasteiger partial charge in [0.1, 0.15) is 34.5 Å². The minimum absolute atomic E-state index is 0.0733. The monoisotopic (exact) mass is 740 g/mol. The molecule has 4 aromatic rings. The summed E-state index contributed by atoms with van der Waals surface area (Å²) in [5, 5.41) is 23.8. The molecule has 0 radical (unpaired) electrons. The standard InChI is InChI=1S/C38H35F7N6O2/c1-20-7-9-29(33(46)38(43,44)45)34(37(20,41)42)49-19-31(52)51-30(17-21-15-22(39)18-23(40)16-21)32-27(10-8-24(50-32)11-13-36(2,3)53)25-5-4-6-28-26(25)12-14-48-35(28)47/h4-6,8,10,12,14-16,18,20,30,46,49,53H,7,9,17,19H2,1-3H3,(H2,47,48)(H,51,52)/t20-,30-/m0/s1. The first-order chi connectivity index (χ1) is 24.7. The van der Waals surface area contributed by atoms with Crippen LogP contribution < -0.4 is 16.4 Å². The van der Waals surface area contributed by atoms with Gasteiger partial charge in [0.2, 0.25) is 5.91 Å². The molecule has 0 saturated carbocycles. The first-order valence-electron chi connectivity index (χ1n) is 16.4. The maximum absolute atomic E-state index is 15.4. The molecule has 0 spiro atoms. The second kappa shape index (κ2) is 14.9. The van der Waals surface area contributed by atoms with E-state index in [1.54, 1.807) is 36.4 Å². The summed E-state index contributed by atoms with van der Waals surface area (Å²) in [7, 11) is 0. The highest BCUT2D eigenvalue weighted by Gasteiger charge is 2.49. The third-order valence-electron chi connectivity index (χ3n) is 8.67. The molecule has 8 nitrogen and oxygen atoms in total. The molecule has 2 atom stereocenters. The smallest absolute Gasteiger partial charge is 0.383 e. The average Bonchev–Trinajstić information content (AvgIpc) is 3.06. The summed E-state index contributed by atoms with van der Waals surface area (Å²) < 4.78 is 100. The minimum Gasteiger partial charge on any atom is -0.383 e. The number of fused-ring (bicyclic) bond motifs is 1. The topological polar surface area (TPSA) is 137 Å². The van der Waals surface area contributed by atoms with Gasteiger partial charge in [0.25, 0.3) is 5.92 Å². The van der Waals surface area contributed by atoms with Gasteiger partial charge in [0.05, 0.1) is 24.0 Å². The van der Waals surface area contributed by atoms with Gasteiger partial charge in [-0.25, -0.2) is 18.7 Å². The number of benzene rings is 2. The van der Waals surface area contributed by atoms with Crippen LogP contribution in [-0.4, -0.2) is 50.9 Å². The number of amides is 1. The Morgan fingerprint density at radius 2 is 1.77 bits per heavy atom. The van der Waals surface area contributed by atoms with Gasteiger partial charge in [-0.2, -0.15) is 22.0 Å². The Morgan fingerprint density at radius 1 is 1.08 bits per heavy atom.